The maximum Gasteiger partial charge on any atom is 0.258 e. The molecule has 4 rings (SSSR count). The average Bonchev–Trinajstić information content (AvgIpc) is 2.88. The van der Waals surface area contributed by atoms with E-state index < -0.39 is 0 Å². The number of rotatable bonds is 8. The monoisotopic (exact) mass is 462 g/mol. The molecule has 2 amide bonds. The van der Waals surface area contributed by atoms with Gasteiger partial charge in [0.05, 0.1) is 19.0 Å². The van der Waals surface area contributed by atoms with E-state index in [4.69, 9.17) is 0 Å². The number of aryl methyl sites for hydroxylation is 1. The molecule has 0 heterocycles. The van der Waals surface area contributed by atoms with Gasteiger partial charge in [-0.25, -0.2) is 0 Å². The first-order valence-electron chi connectivity index (χ1n) is 11.9. The van der Waals surface area contributed by atoms with Gasteiger partial charge in [0.25, 0.3) is 5.91 Å². The molecule has 0 fully saturated rings. The first-order valence-corrected chi connectivity index (χ1v) is 11.9. The van der Waals surface area contributed by atoms with Gasteiger partial charge in [0, 0.05) is 11.3 Å². The highest BCUT2D eigenvalue weighted by atomic mass is 16.2. The summed E-state index contributed by atoms with van der Waals surface area (Å²) in [6, 6.07) is 35.0. The highest BCUT2D eigenvalue weighted by Crippen LogP contribution is 2.23. The average molecular weight is 463 g/mol. The van der Waals surface area contributed by atoms with E-state index in [0.29, 0.717) is 12.1 Å². The van der Waals surface area contributed by atoms with Crippen LogP contribution < -0.4 is 10.2 Å². The maximum absolute atomic E-state index is 13.5. The lowest BCUT2D eigenvalue weighted by Crippen LogP contribution is -2.31. The molecule has 0 radical (unpaired) electrons. The van der Waals surface area contributed by atoms with Crippen LogP contribution in [0.4, 0.5) is 5.69 Å². The van der Waals surface area contributed by atoms with Gasteiger partial charge in [-0.1, -0.05) is 90.5 Å². The van der Waals surface area contributed by atoms with Crippen LogP contribution in [0.15, 0.2) is 109 Å². The molecule has 0 unspecified atom stereocenters. The zero-order chi connectivity index (χ0) is 24.6. The van der Waals surface area contributed by atoms with Crippen LogP contribution >= 0.6 is 0 Å². The third kappa shape index (κ3) is 6.45. The molecular weight excluding hydrogens is 432 g/mol. The molecule has 0 aromatic heterocycles. The summed E-state index contributed by atoms with van der Waals surface area (Å²) in [6.07, 6.45) is 0.239. The van der Waals surface area contributed by atoms with Gasteiger partial charge in [0.1, 0.15) is 0 Å². The van der Waals surface area contributed by atoms with Gasteiger partial charge in [-0.3, -0.25) is 9.59 Å². The van der Waals surface area contributed by atoms with E-state index in [1.165, 1.54) is 0 Å². The van der Waals surface area contributed by atoms with Crippen molar-refractivity contribution < 1.29 is 9.59 Å². The number of hydrogen-bond donors (Lipinski definition) is 1. The minimum Gasteiger partial charge on any atom is -0.349 e. The largest absolute Gasteiger partial charge is 0.349 e. The topological polar surface area (TPSA) is 49.4 Å². The maximum atomic E-state index is 13.5. The van der Waals surface area contributed by atoms with E-state index in [9.17, 15) is 9.59 Å². The first kappa shape index (κ1) is 24.0. The Morgan fingerprint density at radius 2 is 1.40 bits per heavy atom. The van der Waals surface area contributed by atoms with E-state index >= 15 is 0 Å². The molecule has 4 heteroatoms. The highest BCUT2D eigenvalue weighted by Gasteiger charge is 2.19. The molecule has 0 aliphatic carbocycles. The summed E-state index contributed by atoms with van der Waals surface area (Å²) in [5.74, 6) is -0.133. The Balaban J connectivity index is 1.55. The molecule has 0 spiro atoms. The van der Waals surface area contributed by atoms with Crippen molar-refractivity contribution in [3.8, 4) is 0 Å². The van der Waals surface area contributed by atoms with Crippen LogP contribution in [0.1, 0.15) is 45.6 Å². The van der Waals surface area contributed by atoms with Gasteiger partial charge in [-0.05, 0) is 54.8 Å². The smallest absolute Gasteiger partial charge is 0.258 e. The molecule has 4 nitrogen and oxygen atoms in total. The standard InChI is InChI=1S/C31H30N2O2/c1-23-16-18-28(19-17-23)31(35)33(22-25-10-5-3-6-11-25)29-15-9-12-26(20-29)21-30(34)32-24(2)27-13-7-4-8-14-27/h3-20,24H,21-22H2,1-2H3,(H,32,34)/t24-/m1/s1. The second-order valence-corrected chi connectivity index (χ2v) is 8.79. The molecule has 1 atom stereocenters. The normalized spacial score (nSPS) is 11.5. The summed E-state index contributed by atoms with van der Waals surface area (Å²) in [5, 5.41) is 3.07. The molecule has 0 saturated heterocycles. The number of amides is 2. The molecular formula is C31H30N2O2. The fourth-order valence-corrected chi connectivity index (χ4v) is 4.04. The lowest BCUT2D eigenvalue weighted by Gasteiger charge is -2.24. The second kappa shape index (κ2) is 11.3. The van der Waals surface area contributed by atoms with Crippen molar-refractivity contribution >= 4 is 17.5 Å². The van der Waals surface area contributed by atoms with Gasteiger partial charge in [0.15, 0.2) is 0 Å². The SMILES string of the molecule is Cc1ccc(C(=O)N(Cc2ccccc2)c2cccc(CC(=O)N[C@H](C)c3ccccc3)c2)cc1. The molecule has 4 aromatic carbocycles. The van der Waals surface area contributed by atoms with Crippen LogP contribution in [-0.4, -0.2) is 11.8 Å². The Bertz CT molecular complexity index is 1270. The van der Waals surface area contributed by atoms with Crippen molar-refractivity contribution in [3.63, 3.8) is 0 Å². The van der Waals surface area contributed by atoms with Crippen molar-refractivity contribution in [3.05, 3.63) is 137 Å². The third-order valence-electron chi connectivity index (χ3n) is 5.99. The van der Waals surface area contributed by atoms with Crippen molar-refractivity contribution in [2.45, 2.75) is 32.9 Å². The van der Waals surface area contributed by atoms with Gasteiger partial charge >= 0.3 is 0 Å². The molecule has 1 N–H and O–H groups in total. The van der Waals surface area contributed by atoms with Gasteiger partial charge in [-0.2, -0.15) is 0 Å². The van der Waals surface area contributed by atoms with Crippen LogP contribution in [0.3, 0.4) is 0 Å². The summed E-state index contributed by atoms with van der Waals surface area (Å²) in [5.41, 5.74) is 5.45. The first-order chi connectivity index (χ1) is 17.0. The van der Waals surface area contributed by atoms with E-state index in [0.717, 1.165) is 27.9 Å². The van der Waals surface area contributed by atoms with Crippen LogP contribution in [0.25, 0.3) is 0 Å². The molecule has 0 aliphatic heterocycles. The summed E-state index contributed by atoms with van der Waals surface area (Å²) in [4.78, 5) is 28.1. The number of benzene rings is 4. The Hall–Kier alpha value is -4.18. The Morgan fingerprint density at radius 1 is 0.771 bits per heavy atom. The number of nitrogens with zero attached hydrogens (tertiary/aromatic N) is 1. The predicted molar refractivity (Wildman–Crippen MR) is 141 cm³/mol. The van der Waals surface area contributed by atoms with Gasteiger partial charge < -0.3 is 10.2 Å². The summed E-state index contributed by atoms with van der Waals surface area (Å²) in [6.45, 7) is 4.42. The zero-order valence-corrected chi connectivity index (χ0v) is 20.1. The Labute approximate surface area is 207 Å². The molecule has 0 aliphatic rings. The number of nitrogens with one attached hydrogen (secondary N) is 1. The fraction of sp³-hybridized carbons (Fsp3) is 0.161. The zero-order valence-electron chi connectivity index (χ0n) is 20.1. The number of carbonyl (C=O) groups excluding carboxylic acids is 2. The second-order valence-electron chi connectivity index (χ2n) is 8.79. The van der Waals surface area contributed by atoms with Crippen molar-refractivity contribution in [2.24, 2.45) is 0 Å². The van der Waals surface area contributed by atoms with Gasteiger partial charge in [0.2, 0.25) is 5.91 Å². The minimum atomic E-state index is -0.0791. The van der Waals surface area contributed by atoms with E-state index in [-0.39, 0.29) is 24.3 Å². The van der Waals surface area contributed by atoms with Crippen molar-refractivity contribution in [1.82, 2.24) is 5.32 Å². The van der Waals surface area contributed by atoms with Crippen LogP contribution in [0.2, 0.25) is 0 Å². The van der Waals surface area contributed by atoms with Gasteiger partial charge in [-0.15, -0.1) is 0 Å². The molecule has 4 aromatic rings. The van der Waals surface area contributed by atoms with E-state index in [1.54, 1.807) is 4.90 Å². The quantitative estimate of drug-likeness (QED) is 0.336. The lowest BCUT2D eigenvalue weighted by atomic mass is 10.1. The summed E-state index contributed by atoms with van der Waals surface area (Å²) in [7, 11) is 0. The van der Waals surface area contributed by atoms with Crippen LogP contribution in [0.5, 0.6) is 0 Å². The molecule has 35 heavy (non-hydrogen) atoms. The Kier molecular flexibility index (Phi) is 7.74. The highest BCUT2D eigenvalue weighted by molar-refractivity contribution is 6.06. The lowest BCUT2D eigenvalue weighted by molar-refractivity contribution is -0.121. The van der Waals surface area contributed by atoms with Crippen molar-refractivity contribution in [2.75, 3.05) is 4.90 Å². The predicted octanol–water partition coefficient (Wildman–Crippen LogP) is 6.26. The molecule has 176 valence electrons. The van der Waals surface area contributed by atoms with Crippen LogP contribution in [0, 0.1) is 6.92 Å². The Morgan fingerprint density at radius 3 is 2.09 bits per heavy atom. The van der Waals surface area contributed by atoms with E-state index in [1.807, 2.05) is 123 Å². The minimum absolute atomic E-state index is 0.0574. The number of carbonyl (C=O) groups is 2. The van der Waals surface area contributed by atoms with Crippen LogP contribution in [-0.2, 0) is 17.8 Å². The number of anilines is 1. The number of hydrogen-bond acceptors (Lipinski definition) is 2. The molecule has 0 bridgehead atoms. The van der Waals surface area contributed by atoms with Crippen molar-refractivity contribution in [1.29, 1.82) is 0 Å². The summed E-state index contributed by atoms with van der Waals surface area (Å²) < 4.78 is 0. The third-order valence-corrected chi connectivity index (χ3v) is 5.99. The summed E-state index contributed by atoms with van der Waals surface area (Å²) >= 11 is 0. The van der Waals surface area contributed by atoms with E-state index in [2.05, 4.69) is 5.32 Å². The fourth-order valence-electron chi connectivity index (χ4n) is 4.04. The molecule has 0 saturated carbocycles.